The molecule has 2 rings (SSSR count). The van der Waals surface area contributed by atoms with E-state index in [0.29, 0.717) is 28.4 Å². The lowest BCUT2D eigenvalue weighted by molar-refractivity contribution is 0.373. The summed E-state index contributed by atoms with van der Waals surface area (Å²) in [5.41, 5.74) is 1.26. The van der Waals surface area contributed by atoms with Gasteiger partial charge >= 0.3 is 0 Å². The molecule has 20 heavy (non-hydrogen) atoms. The molecule has 0 aliphatic carbocycles. The predicted octanol–water partition coefficient (Wildman–Crippen LogP) is 3.81. The van der Waals surface area contributed by atoms with Crippen molar-refractivity contribution >= 4 is 17.8 Å². The topological polar surface area (TPSA) is 41.8 Å². The van der Waals surface area contributed by atoms with Crippen molar-refractivity contribution in [2.75, 3.05) is 7.11 Å². The molecule has 0 unspecified atom stereocenters. The Balaban J connectivity index is 2.14. The third kappa shape index (κ3) is 3.27. The van der Waals surface area contributed by atoms with Crippen LogP contribution in [-0.4, -0.2) is 18.4 Å². The Morgan fingerprint density at radius 3 is 2.85 bits per heavy atom. The van der Waals surface area contributed by atoms with Crippen LogP contribution in [0.25, 0.3) is 0 Å². The molecule has 0 heterocycles. The van der Waals surface area contributed by atoms with Gasteiger partial charge in [0.2, 0.25) is 0 Å². The van der Waals surface area contributed by atoms with E-state index in [1.807, 2.05) is 0 Å². The summed E-state index contributed by atoms with van der Waals surface area (Å²) < 4.78 is 17.9. The van der Waals surface area contributed by atoms with Gasteiger partial charge in [-0.05, 0) is 29.8 Å². The quantitative estimate of drug-likeness (QED) is 0.871. The minimum atomic E-state index is -0.381. The lowest BCUT2D eigenvalue weighted by Gasteiger charge is -2.05. The Morgan fingerprint density at radius 1 is 1.35 bits per heavy atom. The molecule has 5 heteroatoms. The van der Waals surface area contributed by atoms with Gasteiger partial charge in [0.1, 0.15) is 5.82 Å². The number of hydrogen-bond donors (Lipinski definition) is 1. The molecule has 0 radical (unpaired) electrons. The summed E-state index contributed by atoms with van der Waals surface area (Å²) in [5, 5.41) is 10.2. The Morgan fingerprint density at radius 2 is 2.15 bits per heavy atom. The first kappa shape index (κ1) is 14.3. The van der Waals surface area contributed by atoms with E-state index in [1.165, 1.54) is 25.5 Å². The van der Waals surface area contributed by atoms with Crippen molar-refractivity contribution in [2.45, 2.75) is 6.54 Å². The first-order valence-electron chi connectivity index (χ1n) is 5.91. The fourth-order valence-corrected chi connectivity index (χ4v) is 1.93. The lowest BCUT2D eigenvalue weighted by atomic mass is 10.2. The molecule has 0 saturated carbocycles. The number of para-hydroxylation sites is 1. The van der Waals surface area contributed by atoms with E-state index in [1.54, 1.807) is 24.3 Å². The van der Waals surface area contributed by atoms with Gasteiger partial charge in [0.25, 0.3) is 0 Å². The molecule has 0 amide bonds. The van der Waals surface area contributed by atoms with Crippen molar-refractivity contribution in [1.29, 1.82) is 0 Å². The number of nitrogens with zero attached hydrogens (tertiary/aromatic N) is 1. The average molecular weight is 294 g/mol. The van der Waals surface area contributed by atoms with Gasteiger partial charge in [0, 0.05) is 16.8 Å². The molecule has 0 spiro atoms. The molecule has 0 fully saturated rings. The van der Waals surface area contributed by atoms with Gasteiger partial charge in [-0.3, -0.25) is 4.99 Å². The number of phenols is 1. The highest BCUT2D eigenvalue weighted by molar-refractivity contribution is 6.31. The Kier molecular flexibility index (Phi) is 4.58. The minimum absolute atomic E-state index is 0.0314. The van der Waals surface area contributed by atoms with Crippen LogP contribution < -0.4 is 4.74 Å². The SMILES string of the molecule is COc1cccc(C=NCc2ccc(F)cc2Cl)c1O. The normalized spacial score (nSPS) is 10.9. The number of aliphatic imine (C=N–C) groups is 1. The number of ether oxygens (including phenoxy) is 1. The van der Waals surface area contributed by atoms with Crippen LogP contribution in [0.15, 0.2) is 41.4 Å². The van der Waals surface area contributed by atoms with E-state index in [9.17, 15) is 9.50 Å². The summed E-state index contributed by atoms with van der Waals surface area (Å²) in [6, 6.07) is 9.29. The molecule has 0 atom stereocenters. The number of benzene rings is 2. The first-order chi connectivity index (χ1) is 9.61. The Bertz CT molecular complexity index is 644. The van der Waals surface area contributed by atoms with Crippen LogP contribution >= 0.6 is 11.6 Å². The molecule has 1 N–H and O–H groups in total. The second-order valence-corrected chi connectivity index (χ2v) is 4.51. The van der Waals surface area contributed by atoms with Crippen molar-refractivity contribution in [1.82, 2.24) is 0 Å². The zero-order chi connectivity index (χ0) is 14.5. The third-order valence-corrected chi connectivity index (χ3v) is 3.11. The number of methoxy groups -OCH3 is 1. The van der Waals surface area contributed by atoms with E-state index < -0.39 is 0 Å². The van der Waals surface area contributed by atoms with E-state index in [-0.39, 0.29) is 11.6 Å². The van der Waals surface area contributed by atoms with Gasteiger partial charge in [-0.1, -0.05) is 23.7 Å². The summed E-state index contributed by atoms with van der Waals surface area (Å²) in [4.78, 5) is 4.19. The Labute approximate surface area is 121 Å². The molecule has 0 aromatic heterocycles. The highest BCUT2D eigenvalue weighted by Crippen LogP contribution is 2.28. The number of hydrogen-bond acceptors (Lipinski definition) is 3. The number of rotatable bonds is 4. The summed E-state index contributed by atoms with van der Waals surface area (Å²) in [6.07, 6.45) is 1.53. The second kappa shape index (κ2) is 6.39. The zero-order valence-electron chi connectivity index (χ0n) is 10.8. The maximum atomic E-state index is 12.9. The van der Waals surface area contributed by atoms with Gasteiger partial charge in [-0.15, -0.1) is 0 Å². The fourth-order valence-electron chi connectivity index (χ4n) is 1.70. The van der Waals surface area contributed by atoms with Crippen molar-refractivity contribution in [2.24, 2.45) is 4.99 Å². The zero-order valence-corrected chi connectivity index (χ0v) is 11.6. The van der Waals surface area contributed by atoms with Crippen LogP contribution in [0.5, 0.6) is 11.5 Å². The van der Waals surface area contributed by atoms with Crippen LogP contribution in [0.1, 0.15) is 11.1 Å². The minimum Gasteiger partial charge on any atom is -0.504 e. The van der Waals surface area contributed by atoms with Crippen molar-refractivity contribution in [3.05, 3.63) is 58.4 Å². The van der Waals surface area contributed by atoms with E-state index in [0.717, 1.165) is 0 Å². The molecule has 104 valence electrons. The largest absolute Gasteiger partial charge is 0.504 e. The van der Waals surface area contributed by atoms with Crippen molar-refractivity contribution in [3.8, 4) is 11.5 Å². The molecule has 0 aliphatic heterocycles. The second-order valence-electron chi connectivity index (χ2n) is 4.10. The van der Waals surface area contributed by atoms with Crippen LogP contribution in [0.2, 0.25) is 5.02 Å². The van der Waals surface area contributed by atoms with E-state index in [4.69, 9.17) is 16.3 Å². The van der Waals surface area contributed by atoms with E-state index in [2.05, 4.69) is 4.99 Å². The summed E-state index contributed by atoms with van der Waals surface area (Å²) in [5.74, 6) is 0.0332. The molecule has 0 bridgehead atoms. The Hall–Kier alpha value is -2.07. The van der Waals surface area contributed by atoms with Gasteiger partial charge < -0.3 is 9.84 Å². The van der Waals surface area contributed by atoms with Gasteiger partial charge in [0.05, 0.1) is 13.7 Å². The monoisotopic (exact) mass is 293 g/mol. The third-order valence-electron chi connectivity index (χ3n) is 2.76. The maximum absolute atomic E-state index is 12.9. The summed E-state index contributed by atoms with van der Waals surface area (Å²) >= 11 is 5.91. The fraction of sp³-hybridized carbons (Fsp3) is 0.133. The molecule has 3 nitrogen and oxygen atoms in total. The number of halogens is 2. The summed E-state index contributed by atoms with van der Waals surface area (Å²) in [6.45, 7) is 0.301. The van der Waals surface area contributed by atoms with Crippen LogP contribution in [0.4, 0.5) is 4.39 Å². The van der Waals surface area contributed by atoms with Crippen LogP contribution in [-0.2, 0) is 6.54 Å². The van der Waals surface area contributed by atoms with Gasteiger partial charge in [-0.25, -0.2) is 4.39 Å². The molecule has 2 aromatic carbocycles. The van der Waals surface area contributed by atoms with Gasteiger partial charge in [0.15, 0.2) is 11.5 Å². The highest BCUT2D eigenvalue weighted by Gasteiger charge is 2.05. The maximum Gasteiger partial charge on any atom is 0.166 e. The number of phenolic OH excluding ortho intramolecular Hbond substituents is 1. The number of aromatic hydroxyl groups is 1. The van der Waals surface area contributed by atoms with Crippen LogP contribution in [0, 0.1) is 5.82 Å². The highest BCUT2D eigenvalue weighted by atomic mass is 35.5. The lowest BCUT2D eigenvalue weighted by Crippen LogP contribution is -1.90. The first-order valence-corrected chi connectivity index (χ1v) is 6.29. The van der Waals surface area contributed by atoms with Crippen LogP contribution in [0.3, 0.4) is 0 Å². The standard InChI is InChI=1S/C15H13ClFNO2/c1-20-14-4-2-3-11(15(14)19)9-18-8-10-5-6-12(17)7-13(10)16/h2-7,9,19H,8H2,1H3. The smallest absolute Gasteiger partial charge is 0.166 e. The molecule has 0 saturated heterocycles. The predicted molar refractivity (Wildman–Crippen MR) is 77.4 cm³/mol. The molecule has 2 aromatic rings. The summed E-state index contributed by atoms with van der Waals surface area (Å²) in [7, 11) is 1.48. The molecule has 0 aliphatic rings. The van der Waals surface area contributed by atoms with Crippen molar-refractivity contribution in [3.63, 3.8) is 0 Å². The molecular formula is C15H13ClFNO2. The molecular weight excluding hydrogens is 281 g/mol. The van der Waals surface area contributed by atoms with E-state index >= 15 is 0 Å². The average Bonchev–Trinajstić information content (AvgIpc) is 2.43. The van der Waals surface area contributed by atoms with Crippen molar-refractivity contribution < 1.29 is 14.2 Å². The van der Waals surface area contributed by atoms with Gasteiger partial charge in [-0.2, -0.15) is 0 Å².